The zero-order valence-corrected chi connectivity index (χ0v) is 19.7. The molecule has 34 heavy (non-hydrogen) atoms. The Hall–Kier alpha value is -3.74. The number of Topliss-reactive ketones (excluding diaryl/α,β-unsaturated/α-hetero) is 1. The summed E-state index contributed by atoms with van der Waals surface area (Å²) >= 11 is 0. The largest absolute Gasteiger partial charge is 0.364 e. The van der Waals surface area contributed by atoms with Gasteiger partial charge in [0.15, 0.2) is 17.3 Å². The number of nitrogens with one attached hydrogen (secondary N) is 1. The molecule has 1 aliphatic heterocycles. The van der Waals surface area contributed by atoms with E-state index in [1.165, 1.54) is 5.56 Å². The van der Waals surface area contributed by atoms with Crippen LogP contribution in [-0.4, -0.2) is 34.7 Å². The Kier molecular flexibility index (Phi) is 7.21. The average molecular weight is 458 g/mol. The van der Waals surface area contributed by atoms with Gasteiger partial charge in [0.1, 0.15) is 5.82 Å². The summed E-state index contributed by atoms with van der Waals surface area (Å²) in [6.07, 6.45) is 4.05. The number of nitrogens with zero attached hydrogens (tertiary/aromatic N) is 3. The highest BCUT2D eigenvalue weighted by Crippen LogP contribution is 2.27. The summed E-state index contributed by atoms with van der Waals surface area (Å²) in [5.74, 6) is 1.21. The van der Waals surface area contributed by atoms with Crippen molar-refractivity contribution in [2.45, 2.75) is 39.0 Å². The molecule has 0 unspecified atom stereocenters. The molecule has 0 radical (unpaired) electrons. The third-order valence-corrected chi connectivity index (χ3v) is 6.25. The second-order valence-electron chi connectivity index (χ2n) is 9.14. The van der Waals surface area contributed by atoms with Crippen LogP contribution in [0.25, 0.3) is 0 Å². The van der Waals surface area contributed by atoms with Crippen molar-refractivity contribution in [3.8, 4) is 0 Å². The predicted octanol–water partition coefficient (Wildman–Crippen LogP) is 4.93. The van der Waals surface area contributed by atoms with Crippen LogP contribution >= 0.6 is 0 Å². The Morgan fingerprint density at radius 1 is 1.12 bits per heavy atom. The van der Waals surface area contributed by atoms with Crippen LogP contribution in [0.2, 0.25) is 0 Å². The fourth-order valence-electron chi connectivity index (χ4n) is 4.33. The van der Waals surface area contributed by atoms with E-state index in [0.29, 0.717) is 30.5 Å². The van der Waals surface area contributed by atoms with Gasteiger partial charge < -0.3 is 16.0 Å². The molecule has 0 bridgehead atoms. The summed E-state index contributed by atoms with van der Waals surface area (Å²) in [6, 6.07) is 17.4. The molecular weight excluding hydrogens is 426 g/mol. The summed E-state index contributed by atoms with van der Waals surface area (Å²) in [7, 11) is 0. The molecule has 1 aliphatic rings. The molecule has 7 nitrogen and oxygen atoms in total. The van der Waals surface area contributed by atoms with Crippen molar-refractivity contribution >= 4 is 29.0 Å². The summed E-state index contributed by atoms with van der Waals surface area (Å²) in [5.41, 5.74) is 8.41. The molecule has 7 heteroatoms. The van der Waals surface area contributed by atoms with Crippen LogP contribution in [-0.2, 0) is 0 Å². The van der Waals surface area contributed by atoms with Crippen molar-refractivity contribution in [3.05, 3.63) is 77.6 Å². The number of ketones is 1. The molecule has 3 N–H and O–H groups in total. The second kappa shape index (κ2) is 10.5. The number of amides is 1. The Balaban J connectivity index is 1.47. The van der Waals surface area contributed by atoms with Crippen LogP contribution in [0.4, 0.5) is 17.3 Å². The van der Waals surface area contributed by atoms with Crippen LogP contribution in [0, 0.1) is 5.92 Å². The van der Waals surface area contributed by atoms with E-state index in [9.17, 15) is 9.59 Å². The van der Waals surface area contributed by atoms with E-state index in [0.717, 1.165) is 30.6 Å². The van der Waals surface area contributed by atoms with Crippen molar-refractivity contribution in [1.82, 2.24) is 9.97 Å². The number of carbonyl (C=O) groups excluding carboxylic acids is 2. The van der Waals surface area contributed by atoms with Gasteiger partial charge >= 0.3 is 0 Å². The zero-order chi connectivity index (χ0) is 24.1. The van der Waals surface area contributed by atoms with Gasteiger partial charge in [-0.15, -0.1) is 0 Å². The number of nitrogens with two attached hydrogens (primary N) is 1. The van der Waals surface area contributed by atoms with E-state index < -0.39 is 5.91 Å². The summed E-state index contributed by atoms with van der Waals surface area (Å²) in [4.78, 5) is 35.9. The zero-order valence-electron chi connectivity index (χ0n) is 19.7. The highest BCUT2D eigenvalue weighted by Gasteiger charge is 2.25. The van der Waals surface area contributed by atoms with E-state index >= 15 is 0 Å². The van der Waals surface area contributed by atoms with Crippen molar-refractivity contribution in [3.63, 3.8) is 0 Å². The molecule has 0 aliphatic carbocycles. The molecule has 1 fully saturated rings. The second-order valence-corrected chi connectivity index (χ2v) is 9.14. The van der Waals surface area contributed by atoms with Crippen LogP contribution < -0.4 is 16.0 Å². The molecule has 1 atom stereocenters. The molecule has 176 valence electrons. The van der Waals surface area contributed by atoms with E-state index in [1.54, 1.807) is 6.20 Å². The first-order valence-electron chi connectivity index (χ1n) is 11.8. The van der Waals surface area contributed by atoms with Crippen molar-refractivity contribution in [2.24, 2.45) is 11.7 Å². The molecule has 0 spiro atoms. The maximum atomic E-state index is 12.9. The monoisotopic (exact) mass is 457 g/mol. The number of carbonyl (C=O) groups is 2. The minimum absolute atomic E-state index is 0.0983. The first-order valence-corrected chi connectivity index (χ1v) is 11.8. The SMILES string of the molecule is CC(C)c1ccc(C(=O)C[C@@H]2CCCN(c3cnc(C(N)=O)c(Nc4ccccc4)n3)C2)cc1. The number of primary amides is 1. The lowest BCUT2D eigenvalue weighted by Gasteiger charge is -2.33. The summed E-state index contributed by atoms with van der Waals surface area (Å²) < 4.78 is 0. The molecule has 2 heterocycles. The van der Waals surface area contributed by atoms with Crippen molar-refractivity contribution in [2.75, 3.05) is 23.3 Å². The highest BCUT2D eigenvalue weighted by atomic mass is 16.1. The predicted molar refractivity (Wildman–Crippen MR) is 135 cm³/mol. The number of hydrogen-bond donors (Lipinski definition) is 2. The lowest BCUT2D eigenvalue weighted by atomic mass is 9.90. The third kappa shape index (κ3) is 5.60. The third-order valence-electron chi connectivity index (χ3n) is 6.25. The van der Waals surface area contributed by atoms with Crippen molar-refractivity contribution in [1.29, 1.82) is 0 Å². The van der Waals surface area contributed by atoms with E-state index in [1.807, 2.05) is 54.6 Å². The lowest BCUT2D eigenvalue weighted by Crippen LogP contribution is -2.37. The maximum Gasteiger partial charge on any atom is 0.271 e. The lowest BCUT2D eigenvalue weighted by molar-refractivity contribution is 0.0954. The highest BCUT2D eigenvalue weighted by molar-refractivity contribution is 5.97. The first-order chi connectivity index (χ1) is 16.4. The number of para-hydroxylation sites is 1. The number of hydrogen-bond acceptors (Lipinski definition) is 6. The van der Waals surface area contributed by atoms with Crippen LogP contribution in [0.5, 0.6) is 0 Å². The molecule has 2 aromatic carbocycles. The normalized spacial score (nSPS) is 15.9. The topological polar surface area (TPSA) is 101 Å². The van der Waals surface area contributed by atoms with Gasteiger partial charge in [-0.1, -0.05) is 56.3 Å². The molecule has 3 aromatic rings. The number of rotatable bonds is 8. The standard InChI is InChI=1S/C27H31N5O2/c1-18(2)20-10-12-21(13-11-20)23(33)15-19-7-6-14-32(17-19)24-16-29-25(26(28)34)27(31-24)30-22-8-4-3-5-9-22/h3-5,8-13,16,18-19H,6-7,14-15,17H2,1-2H3,(H2,28,34)(H,30,31)/t19-/m0/s1. The van der Waals surface area contributed by atoms with Gasteiger partial charge in [0.25, 0.3) is 5.91 Å². The minimum Gasteiger partial charge on any atom is -0.364 e. The summed E-state index contributed by atoms with van der Waals surface area (Å²) in [5, 5.41) is 3.16. The molecule has 1 saturated heterocycles. The Bertz CT molecular complexity index is 1150. The number of benzene rings is 2. The van der Waals surface area contributed by atoms with Crippen LogP contribution in [0.15, 0.2) is 60.8 Å². The number of aromatic nitrogens is 2. The molecular formula is C27H31N5O2. The Morgan fingerprint density at radius 2 is 1.85 bits per heavy atom. The van der Waals surface area contributed by atoms with E-state index in [2.05, 4.69) is 34.0 Å². The number of anilines is 3. The van der Waals surface area contributed by atoms with Gasteiger partial charge in [0, 0.05) is 30.8 Å². The van der Waals surface area contributed by atoms with Gasteiger partial charge in [0.2, 0.25) is 0 Å². The quantitative estimate of drug-likeness (QED) is 0.465. The molecule has 4 rings (SSSR count). The van der Waals surface area contributed by atoms with Gasteiger partial charge in [-0.05, 0) is 42.4 Å². The number of piperidine rings is 1. The Labute approximate surface area is 200 Å². The molecule has 1 amide bonds. The first kappa shape index (κ1) is 23.4. The van der Waals surface area contributed by atoms with E-state index in [4.69, 9.17) is 5.73 Å². The van der Waals surface area contributed by atoms with Gasteiger partial charge in [0.05, 0.1) is 6.20 Å². The smallest absolute Gasteiger partial charge is 0.271 e. The molecule has 0 saturated carbocycles. The maximum absolute atomic E-state index is 12.9. The van der Waals surface area contributed by atoms with E-state index in [-0.39, 0.29) is 17.4 Å². The fourth-order valence-corrected chi connectivity index (χ4v) is 4.33. The van der Waals surface area contributed by atoms with Gasteiger partial charge in [-0.2, -0.15) is 0 Å². The summed E-state index contributed by atoms with van der Waals surface area (Å²) in [6.45, 7) is 5.83. The average Bonchev–Trinajstić information content (AvgIpc) is 2.84. The van der Waals surface area contributed by atoms with Crippen molar-refractivity contribution < 1.29 is 9.59 Å². The fraction of sp³-hybridized carbons (Fsp3) is 0.333. The molecule has 1 aromatic heterocycles. The van der Waals surface area contributed by atoms with Crippen LogP contribution in [0.1, 0.15) is 65.4 Å². The Morgan fingerprint density at radius 3 is 2.53 bits per heavy atom. The minimum atomic E-state index is -0.636. The van der Waals surface area contributed by atoms with Gasteiger partial charge in [-0.25, -0.2) is 9.97 Å². The van der Waals surface area contributed by atoms with Crippen LogP contribution in [0.3, 0.4) is 0 Å². The van der Waals surface area contributed by atoms with Gasteiger partial charge in [-0.3, -0.25) is 9.59 Å².